The summed E-state index contributed by atoms with van der Waals surface area (Å²) in [6.07, 6.45) is 4.07. The van der Waals surface area contributed by atoms with Crippen molar-refractivity contribution in [3.05, 3.63) is 69.7 Å². The maximum atomic E-state index is 13.4. The lowest BCUT2D eigenvalue weighted by molar-refractivity contribution is -0.133. The molecular weight excluding hydrogens is 507 g/mol. The van der Waals surface area contributed by atoms with Gasteiger partial charge in [0.25, 0.3) is 0 Å². The zero-order valence-electron chi connectivity index (χ0n) is 21.2. The number of hydrogen-bond donors (Lipinski definition) is 2. The van der Waals surface area contributed by atoms with E-state index in [-0.39, 0.29) is 29.7 Å². The predicted molar refractivity (Wildman–Crippen MR) is 148 cm³/mol. The van der Waals surface area contributed by atoms with Gasteiger partial charge in [0.2, 0.25) is 11.8 Å². The molecule has 2 aromatic carbocycles. The van der Waals surface area contributed by atoms with Crippen LogP contribution in [0.25, 0.3) is 0 Å². The topological polar surface area (TPSA) is 64.7 Å². The molecule has 2 N–H and O–H groups in total. The molecule has 37 heavy (non-hydrogen) atoms. The molecule has 198 valence electrons. The fraction of sp³-hybridized carbons (Fsp3) is 0.517. The van der Waals surface area contributed by atoms with Crippen LogP contribution in [0.5, 0.6) is 0 Å². The Balaban J connectivity index is 1.15. The highest BCUT2D eigenvalue weighted by Crippen LogP contribution is 2.33. The number of rotatable bonds is 10. The second-order valence-corrected chi connectivity index (χ2v) is 11.7. The number of carbonyl (C=O) groups excluding carboxylic acids is 2. The molecule has 1 saturated carbocycles. The van der Waals surface area contributed by atoms with Crippen LogP contribution in [0.15, 0.2) is 48.5 Å². The van der Waals surface area contributed by atoms with E-state index >= 15 is 0 Å². The third-order valence-corrected chi connectivity index (χ3v) is 8.45. The van der Waals surface area contributed by atoms with Crippen LogP contribution in [0.2, 0.25) is 10.0 Å². The minimum Gasteiger partial charge on any atom is -0.355 e. The highest BCUT2D eigenvalue weighted by atomic mass is 35.5. The van der Waals surface area contributed by atoms with Crippen LogP contribution in [0, 0.1) is 17.8 Å². The SMILES string of the molecule is O=C(NCCc1ccc(Cl)cc1Cl)[C@H]1CN(CC2CC2)C[C@H]1C(=O)NC1CCN(Cc2ccccc2)C1. The van der Waals surface area contributed by atoms with Crippen molar-refractivity contribution in [1.82, 2.24) is 20.4 Å². The molecule has 2 saturated heterocycles. The molecule has 3 atom stereocenters. The van der Waals surface area contributed by atoms with Crippen molar-refractivity contribution in [2.75, 3.05) is 39.3 Å². The van der Waals surface area contributed by atoms with Gasteiger partial charge in [0.15, 0.2) is 0 Å². The quantitative estimate of drug-likeness (QED) is 0.476. The molecule has 1 unspecified atom stereocenters. The zero-order chi connectivity index (χ0) is 25.8. The number of nitrogens with zero attached hydrogens (tertiary/aromatic N) is 2. The number of hydrogen-bond acceptors (Lipinski definition) is 4. The predicted octanol–water partition coefficient (Wildman–Crippen LogP) is 4.00. The van der Waals surface area contributed by atoms with Crippen molar-refractivity contribution in [1.29, 1.82) is 0 Å². The molecule has 2 aromatic rings. The summed E-state index contributed by atoms with van der Waals surface area (Å²) < 4.78 is 0. The summed E-state index contributed by atoms with van der Waals surface area (Å²) >= 11 is 12.3. The van der Waals surface area contributed by atoms with Gasteiger partial charge in [-0.25, -0.2) is 0 Å². The molecule has 2 amide bonds. The summed E-state index contributed by atoms with van der Waals surface area (Å²) in [4.78, 5) is 31.4. The van der Waals surface area contributed by atoms with Crippen LogP contribution in [-0.4, -0.2) is 66.9 Å². The Morgan fingerprint density at radius 1 is 0.892 bits per heavy atom. The lowest BCUT2D eigenvalue weighted by Gasteiger charge is -2.21. The van der Waals surface area contributed by atoms with E-state index in [9.17, 15) is 9.59 Å². The van der Waals surface area contributed by atoms with Gasteiger partial charge < -0.3 is 15.5 Å². The van der Waals surface area contributed by atoms with Crippen LogP contribution in [0.3, 0.4) is 0 Å². The van der Waals surface area contributed by atoms with E-state index in [0.717, 1.165) is 44.1 Å². The molecular formula is C29H36Cl2N4O2. The first kappa shape index (κ1) is 26.5. The van der Waals surface area contributed by atoms with Gasteiger partial charge in [-0.1, -0.05) is 59.6 Å². The maximum absolute atomic E-state index is 13.4. The average Bonchev–Trinajstić information content (AvgIpc) is 3.42. The Kier molecular flexibility index (Phi) is 8.71. The van der Waals surface area contributed by atoms with Crippen LogP contribution < -0.4 is 10.6 Å². The lowest BCUT2D eigenvalue weighted by atomic mass is 9.93. The molecule has 8 heteroatoms. The van der Waals surface area contributed by atoms with Gasteiger partial charge in [0.1, 0.15) is 0 Å². The molecule has 0 spiro atoms. The molecule has 5 rings (SSSR count). The summed E-state index contributed by atoms with van der Waals surface area (Å²) in [5.41, 5.74) is 2.24. The lowest BCUT2D eigenvalue weighted by Crippen LogP contribution is -2.45. The van der Waals surface area contributed by atoms with Crippen LogP contribution in [0.4, 0.5) is 0 Å². The highest BCUT2D eigenvalue weighted by molar-refractivity contribution is 6.35. The normalized spacial score (nSPS) is 24.3. The highest BCUT2D eigenvalue weighted by Gasteiger charge is 2.43. The molecule has 2 heterocycles. The van der Waals surface area contributed by atoms with Gasteiger partial charge >= 0.3 is 0 Å². The summed E-state index contributed by atoms with van der Waals surface area (Å²) in [6.45, 7) is 5.48. The van der Waals surface area contributed by atoms with E-state index in [2.05, 4.69) is 44.7 Å². The number of likely N-dealkylation sites (tertiary alicyclic amines) is 2. The molecule has 0 aromatic heterocycles. The Morgan fingerprint density at radius 2 is 1.65 bits per heavy atom. The second-order valence-electron chi connectivity index (χ2n) is 10.9. The third-order valence-electron chi connectivity index (χ3n) is 7.86. The molecule has 2 aliphatic heterocycles. The number of halogens is 2. The minimum atomic E-state index is -0.332. The number of carbonyl (C=O) groups is 2. The van der Waals surface area contributed by atoms with E-state index < -0.39 is 0 Å². The molecule has 0 radical (unpaired) electrons. The average molecular weight is 544 g/mol. The van der Waals surface area contributed by atoms with Gasteiger partial charge in [-0.05, 0) is 54.9 Å². The van der Waals surface area contributed by atoms with E-state index in [4.69, 9.17) is 23.2 Å². The summed E-state index contributed by atoms with van der Waals surface area (Å²) in [5.74, 6) is 0.0488. The summed E-state index contributed by atoms with van der Waals surface area (Å²) in [6, 6.07) is 16.0. The molecule has 3 fully saturated rings. The van der Waals surface area contributed by atoms with Gasteiger partial charge in [-0.3, -0.25) is 14.5 Å². The third kappa shape index (κ3) is 7.26. The summed E-state index contributed by atoms with van der Waals surface area (Å²) in [7, 11) is 0. The smallest absolute Gasteiger partial charge is 0.225 e. The fourth-order valence-corrected chi connectivity index (χ4v) is 6.15. The first-order valence-electron chi connectivity index (χ1n) is 13.5. The Labute approximate surface area is 229 Å². The van der Waals surface area contributed by atoms with Crippen LogP contribution >= 0.6 is 23.2 Å². The number of nitrogens with one attached hydrogen (secondary N) is 2. The maximum Gasteiger partial charge on any atom is 0.225 e. The van der Waals surface area contributed by atoms with E-state index in [0.29, 0.717) is 36.1 Å². The largest absolute Gasteiger partial charge is 0.355 e. The fourth-order valence-electron chi connectivity index (χ4n) is 5.65. The van der Waals surface area contributed by atoms with Crippen molar-refractivity contribution >= 4 is 35.0 Å². The number of amides is 2. The van der Waals surface area contributed by atoms with E-state index in [1.807, 2.05) is 18.2 Å². The van der Waals surface area contributed by atoms with Crippen molar-refractivity contribution in [3.63, 3.8) is 0 Å². The van der Waals surface area contributed by atoms with E-state index in [1.165, 1.54) is 18.4 Å². The van der Waals surface area contributed by atoms with Crippen molar-refractivity contribution in [2.45, 2.75) is 38.3 Å². The van der Waals surface area contributed by atoms with Gasteiger partial charge in [-0.15, -0.1) is 0 Å². The first-order chi connectivity index (χ1) is 17.9. The Bertz CT molecular complexity index is 1090. The van der Waals surface area contributed by atoms with E-state index in [1.54, 1.807) is 6.07 Å². The van der Waals surface area contributed by atoms with Gasteiger partial charge in [0, 0.05) is 61.9 Å². The van der Waals surface area contributed by atoms with Gasteiger partial charge in [0.05, 0.1) is 11.8 Å². The molecule has 1 aliphatic carbocycles. The van der Waals surface area contributed by atoms with Gasteiger partial charge in [-0.2, -0.15) is 0 Å². The minimum absolute atomic E-state index is 0.0192. The van der Waals surface area contributed by atoms with Crippen LogP contribution in [0.1, 0.15) is 30.4 Å². The van der Waals surface area contributed by atoms with Crippen molar-refractivity contribution < 1.29 is 9.59 Å². The summed E-state index contributed by atoms with van der Waals surface area (Å²) in [5, 5.41) is 7.56. The molecule has 3 aliphatic rings. The van der Waals surface area contributed by atoms with Crippen molar-refractivity contribution in [2.24, 2.45) is 17.8 Å². The standard InChI is InChI=1S/C29H36Cl2N4O2/c30-23-9-8-22(27(31)14-23)10-12-32-28(36)25-18-35(16-21-6-7-21)19-26(25)29(37)33-24-11-13-34(17-24)15-20-4-2-1-3-5-20/h1-5,8-9,14,21,24-26H,6-7,10-13,15-19H2,(H,32,36)(H,33,37)/t24?,25-,26+/m0/s1. The molecule has 6 nitrogen and oxygen atoms in total. The monoisotopic (exact) mass is 542 g/mol. The Hall–Kier alpha value is -2.12. The molecule has 0 bridgehead atoms. The first-order valence-corrected chi connectivity index (χ1v) is 14.2. The zero-order valence-corrected chi connectivity index (χ0v) is 22.7. The van der Waals surface area contributed by atoms with Crippen molar-refractivity contribution in [3.8, 4) is 0 Å². The number of benzene rings is 2. The van der Waals surface area contributed by atoms with Crippen LogP contribution in [-0.2, 0) is 22.6 Å². The second kappa shape index (κ2) is 12.2. The Morgan fingerprint density at radius 3 is 2.38 bits per heavy atom.